The number of morpholine rings is 1. The van der Waals surface area contributed by atoms with Crippen molar-refractivity contribution in [3.05, 3.63) is 70.7 Å². The normalized spacial score (nSPS) is 17.7. The summed E-state index contributed by atoms with van der Waals surface area (Å²) in [5.41, 5.74) is 0.595. The molecule has 0 aliphatic carbocycles. The van der Waals surface area contributed by atoms with Crippen molar-refractivity contribution in [1.82, 2.24) is 14.7 Å². The number of rotatable bonds is 6. The fourth-order valence-corrected chi connectivity index (χ4v) is 4.45. The average Bonchev–Trinajstić information content (AvgIpc) is 3.15. The Hall–Kier alpha value is -3.11. The van der Waals surface area contributed by atoms with Gasteiger partial charge in [-0.3, -0.25) is 0 Å². The number of fused-ring (bicyclic) bond motifs is 1. The number of nitrogens with one attached hydrogen (secondary N) is 1. The molecule has 0 saturated carbocycles. The number of pyridine rings is 1. The number of allylic oxidation sites excluding steroid dienone is 2. The molecule has 1 saturated heterocycles. The van der Waals surface area contributed by atoms with Gasteiger partial charge >= 0.3 is 6.18 Å². The van der Waals surface area contributed by atoms with Crippen LogP contribution >= 0.6 is 0 Å². The molecule has 3 heterocycles. The zero-order valence-electron chi connectivity index (χ0n) is 21.1. The number of aromatic nitrogens is 2. The van der Waals surface area contributed by atoms with Crippen molar-refractivity contribution in [1.29, 1.82) is 0 Å². The monoisotopic (exact) mass is 520 g/mol. The topological polar surface area (TPSA) is 50.9 Å². The van der Waals surface area contributed by atoms with Crippen molar-refractivity contribution in [2.45, 2.75) is 46.4 Å². The molecule has 1 aliphatic heterocycles. The van der Waals surface area contributed by atoms with Gasteiger partial charge in [0.15, 0.2) is 0 Å². The molecule has 37 heavy (non-hydrogen) atoms. The predicted octanol–water partition coefficient (Wildman–Crippen LogP) is 6.03. The first-order valence-electron chi connectivity index (χ1n) is 12.1. The number of nitrogens with zero attached hydrogens (tertiary/aromatic N) is 3. The zero-order chi connectivity index (χ0) is 26.9. The van der Waals surface area contributed by atoms with Gasteiger partial charge in [0.2, 0.25) is 0 Å². The van der Waals surface area contributed by atoms with Gasteiger partial charge in [0, 0.05) is 31.3 Å². The van der Waals surface area contributed by atoms with E-state index in [9.17, 15) is 13.2 Å². The molecule has 3 aromatic rings. The van der Waals surface area contributed by atoms with Crippen LogP contribution in [0.25, 0.3) is 16.9 Å². The lowest BCUT2D eigenvalue weighted by Crippen LogP contribution is -2.39. The maximum atomic E-state index is 15.6. The van der Waals surface area contributed by atoms with Crippen molar-refractivity contribution < 1.29 is 26.7 Å². The molecule has 0 bridgehead atoms. The lowest BCUT2D eigenvalue weighted by Gasteiger charge is -2.24. The van der Waals surface area contributed by atoms with Crippen LogP contribution in [0.1, 0.15) is 37.6 Å². The SMILES string of the molecule is C/C=C(\N=C(c1cc(F)c(-c2nc3cc(C)ccn3c2C[C@H]2CNCCO2)c(F)c1)C(C)C)C(F)(F)F. The second-order valence-corrected chi connectivity index (χ2v) is 9.38. The van der Waals surface area contributed by atoms with Gasteiger partial charge in [-0.15, -0.1) is 0 Å². The number of aliphatic imine (C=N–C) groups is 1. The van der Waals surface area contributed by atoms with E-state index in [0.717, 1.165) is 30.3 Å². The van der Waals surface area contributed by atoms with Crippen LogP contribution in [0, 0.1) is 24.5 Å². The van der Waals surface area contributed by atoms with Crippen LogP contribution in [-0.4, -0.2) is 47.1 Å². The van der Waals surface area contributed by atoms with Crippen molar-refractivity contribution in [3.8, 4) is 11.3 Å². The molecule has 1 aromatic carbocycles. The van der Waals surface area contributed by atoms with Crippen LogP contribution in [0.3, 0.4) is 0 Å². The van der Waals surface area contributed by atoms with E-state index in [0.29, 0.717) is 30.9 Å². The van der Waals surface area contributed by atoms with Gasteiger partial charge < -0.3 is 14.5 Å². The highest BCUT2D eigenvalue weighted by molar-refractivity contribution is 6.03. The van der Waals surface area contributed by atoms with Gasteiger partial charge in [-0.2, -0.15) is 13.2 Å². The van der Waals surface area contributed by atoms with Gasteiger partial charge in [-0.25, -0.2) is 18.8 Å². The number of halogens is 5. The lowest BCUT2D eigenvalue weighted by molar-refractivity contribution is -0.0924. The average molecular weight is 521 g/mol. The Balaban J connectivity index is 1.84. The lowest BCUT2D eigenvalue weighted by atomic mass is 9.96. The Labute approximate surface area is 212 Å². The Morgan fingerprint density at radius 1 is 1.24 bits per heavy atom. The van der Waals surface area contributed by atoms with Gasteiger partial charge in [0.25, 0.3) is 0 Å². The zero-order valence-corrected chi connectivity index (χ0v) is 21.1. The quantitative estimate of drug-likeness (QED) is 0.319. The first kappa shape index (κ1) is 26.9. The first-order valence-corrected chi connectivity index (χ1v) is 12.1. The van der Waals surface area contributed by atoms with E-state index < -0.39 is 29.4 Å². The summed E-state index contributed by atoms with van der Waals surface area (Å²) in [7, 11) is 0. The Kier molecular flexibility index (Phi) is 7.80. The molecule has 1 aliphatic rings. The third-order valence-electron chi connectivity index (χ3n) is 6.23. The fourth-order valence-electron chi connectivity index (χ4n) is 4.45. The number of aryl methyl sites for hydroxylation is 1. The van der Waals surface area contributed by atoms with Crippen LogP contribution < -0.4 is 5.32 Å². The fraction of sp³-hybridized carbons (Fsp3) is 0.407. The molecule has 1 fully saturated rings. The Morgan fingerprint density at radius 2 is 1.95 bits per heavy atom. The molecule has 198 valence electrons. The van der Waals surface area contributed by atoms with Crippen LogP contribution in [0.5, 0.6) is 0 Å². The summed E-state index contributed by atoms with van der Waals surface area (Å²) in [6, 6.07) is 5.75. The van der Waals surface area contributed by atoms with Crippen LogP contribution in [0.15, 0.2) is 47.2 Å². The Morgan fingerprint density at radius 3 is 2.51 bits per heavy atom. The highest BCUT2D eigenvalue weighted by Gasteiger charge is 2.34. The third-order valence-corrected chi connectivity index (χ3v) is 6.23. The van der Waals surface area contributed by atoms with E-state index in [1.165, 1.54) is 6.92 Å². The van der Waals surface area contributed by atoms with Crippen LogP contribution in [0.4, 0.5) is 22.0 Å². The highest BCUT2D eigenvalue weighted by Crippen LogP contribution is 2.33. The molecule has 10 heteroatoms. The van der Waals surface area contributed by atoms with Crippen molar-refractivity contribution >= 4 is 11.4 Å². The number of hydrogen-bond donors (Lipinski definition) is 1. The smallest absolute Gasteiger partial charge is 0.375 e. The summed E-state index contributed by atoms with van der Waals surface area (Å²) in [5.74, 6) is -2.38. The molecule has 0 spiro atoms. The minimum absolute atomic E-state index is 0.0571. The van der Waals surface area contributed by atoms with E-state index in [4.69, 9.17) is 4.74 Å². The van der Waals surface area contributed by atoms with E-state index in [-0.39, 0.29) is 28.6 Å². The summed E-state index contributed by atoms with van der Waals surface area (Å²) in [5, 5.41) is 3.25. The predicted molar refractivity (Wildman–Crippen MR) is 133 cm³/mol. The van der Waals surface area contributed by atoms with Crippen molar-refractivity contribution in [3.63, 3.8) is 0 Å². The molecule has 2 aromatic heterocycles. The van der Waals surface area contributed by atoms with Gasteiger partial charge in [0.05, 0.1) is 35.4 Å². The number of hydrogen-bond acceptors (Lipinski definition) is 4. The summed E-state index contributed by atoms with van der Waals surface area (Å²) in [6.45, 7) is 8.18. The minimum atomic E-state index is -4.69. The number of alkyl halides is 3. The number of benzene rings is 1. The molecule has 1 atom stereocenters. The number of imidazole rings is 1. The second kappa shape index (κ2) is 10.7. The second-order valence-electron chi connectivity index (χ2n) is 9.38. The number of ether oxygens (including phenoxy) is 1. The Bertz CT molecular complexity index is 1330. The molecular formula is C27H29F5N4O. The summed E-state index contributed by atoms with van der Waals surface area (Å²) in [4.78, 5) is 8.29. The van der Waals surface area contributed by atoms with Crippen molar-refractivity contribution in [2.24, 2.45) is 10.9 Å². The van der Waals surface area contributed by atoms with E-state index in [1.54, 1.807) is 24.4 Å². The highest BCUT2D eigenvalue weighted by atomic mass is 19.4. The molecule has 1 N–H and O–H groups in total. The summed E-state index contributed by atoms with van der Waals surface area (Å²) >= 11 is 0. The molecular weight excluding hydrogens is 491 g/mol. The molecule has 0 radical (unpaired) electrons. The third kappa shape index (κ3) is 5.75. The summed E-state index contributed by atoms with van der Waals surface area (Å²) in [6.07, 6.45) is -1.90. The van der Waals surface area contributed by atoms with E-state index in [2.05, 4.69) is 15.3 Å². The van der Waals surface area contributed by atoms with E-state index in [1.807, 2.05) is 19.1 Å². The first-order chi connectivity index (χ1) is 17.5. The van der Waals surface area contributed by atoms with Gasteiger partial charge in [-0.05, 0) is 49.6 Å². The molecule has 5 nitrogen and oxygen atoms in total. The summed E-state index contributed by atoms with van der Waals surface area (Å²) < 4.78 is 78.8. The van der Waals surface area contributed by atoms with Crippen molar-refractivity contribution in [2.75, 3.05) is 19.7 Å². The minimum Gasteiger partial charge on any atom is -0.375 e. The largest absolute Gasteiger partial charge is 0.433 e. The van der Waals surface area contributed by atoms with Gasteiger partial charge in [-0.1, -0.05) is 19.9 Å². The van der Waals surface area contributed by atoms with Crippen LogP contribution in [0.2, 0.25) is 0 Å². The van der Waals surface area contributed by atoms with E-state index >= 15 is 8.78 Å². The van der Waals surface area contributed by atoms with Gasteiger partial charge in [0.1, 0.15) is 23.0 Å². The maximum Gasteiger partial charge on any atom is 0.433 e. The van der Waals surface area contributed by atoms with Crippen LogP contribution in [-0.2, 0) is 11.2 Å². The maximum absolute atomic E-state index is 15.6. The standard InChI is InChI=1S/C27H29F5N4O/c1-5-22(27(30,31)32)34-25(15(2)3)17-11-19(28)24(20(29)12-17)26-21(13-18-14-33-7-9-37-18)36-8-6-16(4)10-23(36)35-26/h5-6,8,10-12,15,18,33H,7,9,13-14H2,1-4H3/b22-5-,34-25?/t18-/m0/s1. The molecule has 4 rings (SSSR count). The molecule has 0 unspecified atom stereocenters. The molecule has 0 amide bonds.